The molecule has 2 nitrogen and oxygen atoms in total. The minimum absolute atomic E-state index is 0.500. The van der Waals surface area contributed by atoms with Crippen molar-refractivity contribution in [3.8, 4) is 0 Å². The number of nitrogens with zero attached hydrogens (tertiary/aromatic N) is 2. The van der Waals surface area contributed by atoms with Gasteiger partial charge in [0, 0.05) is 23.6 Å². The van der Waals surface area contributed by atoms with Crippen LogP contribution in [0, 0.1) is 0 Å². The lowest BCUT2D eigenvalue weighted by molar-refractivity contribution is -0.665. The summed E-state index contributed by atoms with van der Waals surface area (Å²) in [6.07, 6.45) is 14.1. The summed E-state index contributed by atoms with van der Waals surface area (Å²) < 4.78 is 3.71. The minimum Gasteiger partial charge on any atom is -0.358 e. The van der Waals surface area contributed by atoms with Gasteiger partial charge in [0.2, 0.25) is 5.52 Å². The third kappa shape index (κ3) is 4.34. The van der Waals surface area contributed by atoms with Gasteiger partial charge in [0.15, 0.2) is 0 Å². The van der Waals surface area contributed by atoms with Crippen LogP contribution in [0.3, 0.4) is 0 Å². The van der Waals surface area contributed by atoms with Crippen LogP contribution in [0.1, 0.15) is 25.3 Å². The Morgan fingerprint density at radius 1 is 0.966 bits per heavy atom. The van der Waals surface area contributed by atoms with Gasteiger partial charge in [-0.25, -0.2) is 0 Å². The number of anilines is 1. The maximum absolute atomic E-state index is 2.50. The molecule has 0 N–H and O–H groups in total. The molecule has 1 atom stereocenters. The Morgan fingerprint density at radius 2 is 1.76 bits per heavy atom. The fourth-order valence-electron chi connectivity index (χ4n) is 3.75. The third-order valence-electron chi connectivity index (χ3n) is 5.12. The zero-order valence-electron chi connectivity index (χ0n) is 17.0. The molecule has 4 rings (SSSR count). The van der Waals surface area contributed by atoms with E-state index in [4.69, 9.17) is 0 Å². The van der Waals surface area contributed by atoms with Gasteiger partial charge in [-0.2, -0.15) is 4.57 Å². The number of aryl methyl sites for hydroxylation is 1. The molecule has 3 aromatic rings. The van der Waals surface area contributed by atoms with E-state index in [1.807, 2.05) is 23.1 Å². The Kier molecular flexibility index (Phi) is 6.53. The Labute approximate surface area is 181 Å². The first kappa shape index (κ1) is 20.0. The number of benzene rings is 2. The van der Waals surface area contributed by atoms with Crippen LogP contribution in [0.2, 0.25) is 0 Å². The molecule has 0 saturated heterocycles. The first-order valence-electron chi connectivity index (χ1n) is 10.3. The molecule has 0 fully saturated rings. The summed E-state index contributed by atoms with van der Waals surface area (Å²) in [7, 11) is 0. The van der Waals surface area contributed by atoms with Crippen molar-refractivity contribution in [1.29, 1.82) is 0 Å². The number of thioether (sulfide) groups is 1. The van der Waals surface area contributed by atoms with Crippen molar-refractivity contribution >= 4 is 45.1 Å². The number of hydrogen-bond acceptors (Lipinski definition) is 3. The van der Waals surface area contributed by atoms with Gasteiger partial charge in [-0.3, -0.25) is 0 Å². The Morgan fingerprint density at radius 3 is 2.62 bits per heavy atom. The first-order valence-corrected chi connectivity index (χ1v) is 11.9. The summed E-state index contributed by atoms with van der Waals surface area (Å²) in [5, 5.41) is 1.79. The molecule has 2 heterocycles. The summed E-state index contributed by atoms with van der Waals surface area (Å²) in [5.41, 5.74) is 2.70. The smallest absolute Gasteiger partial charge is 0.262 e. The summed E-state index contributed by atoms with van der Waals surface area (Å²) >= 11 is 3.82. The Bertz CT molecular complexity index is 1060. The monoisotopic (exact) mass is 419 g/mol. The van der Waals surface area contributed by atoms with Crippen molar-refractivity contribution in [3.63, 3.8) is 0 Å². The van der Waals surface area contributed by atoms with Gasteiger partial charge in [-0.15, -0.1) is 0 Å². The van der Waals surface area contributed by atoms with Crippen LogP contribution in [0.25, 0.3) is 16.3 Å². The topological polar surface area (TPSA) is 7.12 Å². The number of allylic oxidation sites excluding steroid dienone is 4. The van der Waals surface area contributed by atoms with E-state index < -0.39 is 0 Å². The number of thiazole rings is 1. The maximum Gasteiger partial charge on any atom is 0.262 e. The minimum atomic E-state index is 0.500. The molecule has 29 heavy (non-hydrogen) atoms. The van der Waals surface area contributed by atoms with Gasteiger partial charge in [-0.05, 0) is 38.5 Å². The van der Waals surface area contributed by atoms with Gasteiger partial charge < -0.3 is 4.90 Å². The normalized spacial score (nSPS) is 16.8. The van der Waals surface area contributed by atoms with E-state index in [0.29, 0.717) is 5.37 Å². The molecular formula is C25H27N2S2+. The molecular weight excluding hydrogens is 392 g/mol. The number of rotatable bonds is 7. The van der Waals surface area contributed by atoms with Crippen molar-refractivity contribution in [1.82, 2.24) is 0 Å². The third-order valence-corrected chi connectivity index (χ3v) is 7.57. The van der Waals surface area contributed by atoms with Crippen LogP contribution in [0.15, 0.2) is 83.8 Å². The second-order valence-electron chi connectivity index (χ2n) is 6.89. The zero-order valence-corrected chi connectivity index (χ0v) is 18.6. The molecule has 0 spiro atoms. The average Bonchev–Trinajstić information content (AvgIpc) is 3.29. The maximum atomic E-state index is 2.50. The number of hydrogen-bond donors (Lipinski definition) is 0. The van der Waals surface area contributed by atoms with Crippen molar-refractivity contribution in [2.45, 2.75) is 37.1 Å². The second kappa shape index (κ2) is 9.47. The average molecular weight is 420 g/mol. The molecule has 1 aliphatic rings. The largest absolute Gasteiger partial charge is 0.358 e. The molecule has 2 aromatic carbocycles. The highest BCUT2D eigenvalue weighted by molar-refractivity contribution is 8.00. The highest BCUT2D eigenvalue weighted by Crippen LogP contribution is 2.44. The lowest BCUT2D eigenvalue weighted by Crippen LogP contribution is -2.33. The van der Waals surface area contributed by atoms with Gasteiger partial charge in [0.05, 0.1) is 11.1 Å². The molecule has 1 unspecified atom stereocenters. The van der Waals surface area contributed by atoms with E-state index in [-0.39, 0.29) is 0 Å². The van der Waals surface area contributed by atoms with E-state index in [0.717, 1.165) is 19.5 Å². The summed E-state index contributed by atoms with van der Waals surface area (Å²) in [5.74, 6) is 0. The van der Waals surface area contributed by atoms with Crippen molar-refractivity contribution < 1.29 is 4.57 Å². The molecule has 0 aliphatic carbocycles. The molecule has 0 saturated carbocycles. The Hall–Kier alpha value is -2.30. The summed E-state index contributed by atoms with van der Waals surface area (Å²) in [4.78, 5) is 3.90. The fourth-order valence-corrected chi connectivity index (χ4v) is 6.24. The quantitative estimate of drug-likeness (QED) is 0.311. The summed E-state index contributed by atoms with van der Waals surface area (Å²) in [6, 6.07) is 17.3. The van der Waals surface area contributed by atoms with E-state index in [1.165, 1.54) is 25.8 Å². The lowest BCUT2D eigenvalue weighted by Gasteiger charge is -2.23. The van der Waals surface area contributed by atoms with Crippen LogP contribution >= 0.6 is 23.1 Å². The lowest BCUT2D eigenvalue weighted by atomic mass is 10.2. The van der Waals surface area contributed by atoms with E-state index >= 15 is 0 Å². The van der Waals surface area contributed by atoms with Crippen LogP contribution in [-0.4, -0.2) is 11.9 Å². The van der Waals surface area contributed by atoms with E-state index in [2.05, 4.69) is 108 Å². The van der Waals surface area contributed by atoms with Gasteiger partial charge in [0.1, 0.15) is 11.2 Å². The molecule has 0 bridgehead atoms. The molecule has 1 aliphatic heterocycles. The predicted molar refractivity (Wildman–Crippen MR) is 129 cm³/mol. The highest BCUT2D eigenvalue weighted by atomic mass is 32.2. The standard InChI is InChI=1S/C25H27N2S2/c1-3-26-20-14-10-12-16-22(20)28-24(26)18-8-6-5-7-9-19-25-27(4-2)21-15-11-13-17-23(21)29-25/h5-18,25H,3-4,19H2,1-2H3/q+1/b6-5+,9-7+,18-8+. The number of aromatic nitrogens is 1. The van der Waals surface area contributed by atoms with Gasteiger partial charge >= 0.3 is 0 Å². The number of fused-ring (bicyclic) bond motifs is 2. The SMILES string of the molecule is CCN1c2ccccc2SC1C/C=C/C=C/C=C/c1sc2ccccc2[n+]1CC. The fraction of sp³-hybridized carbons (Fsp3) is 0.240. The van der Waals surface area contributed by atoms with Crippen molar-refractivity contribution in [2.75, 3.05) is 11.4 Å². The van der Waals surface area contributed by atoms with Crippen LogP contribution in [0.5, 0.6) is 0 Å². The van der Waals surface area contributed by atoms with Gasteiger partial charge in [0.25, 0.3) is 5.01 Å². The van der Waals surface area contributed by atoms with Gasteiger partial charge in [-0.1, -0.05) is 77.7 Å². The van der Waals surface area contributed by atoms with Crippen LogP contribution < -0.4 is 9.47 Å². The highest BCUT2D eigenvalue weighted by Gasteiger charge is 2.27. The molecule has 148 valence electrons. The van der Waals surface area contributed by atoms with Crippen molar-refractivity contribution in [3.05, 3.63) is 83.9 Å². The predicted octanol–water partition coefficient (Wildman–Crippen LogP) is 6.68. The molecule has 4 heteroatoms. The second-order valence-corrected chi connectivity index (χ2v) is 9.17. The molecule has 1 aromatic heterocycles. The first-order chi connectivity index (χ1) is 14.3. The zero-order chi connectivity index (χ0) is 20.1. The van der Waals surface area contributed by atoms with E-state index in [9.17, 15) is 0 Å². The molecule has 0 amide bonds. The van der Waals surface area contributed by atoms with E-state index in [1.54, 1.807) is 0 Å². The van der Waals surface area contributed by atoms with Crippen LogP contribution in [0.4, 0.5) is 5.69 Å². The summed E-state index contributed by atoms with van der Waals surface area (Å²) in [6.45, 7) is 6.48. The number of para-hydroxylation sites is 2. The van der Waals surface area contributed by atoms with Crippen molar-refractivity contribution in [2.24, 2.45) is 0 Å². The Balaban J connectivity index is 1.35. The molecule has 0 radical (unpaired) electrons. The van der Waals surface area contributed by atoms with Crippen LogP contribution in [-0.2, 0) is 6.54 Å².